The molecule has 0 aliphatic heterocycles. The van der Waals surface area contributed by atoms with Crippen molar-refractivity contribution < 1.29 is 9.53 Å². The molecule has 0 aromatic heterocycles. The van der Waals surface area contributed by atoms with Crippen molar-refractivity contribution in [1.82, 2.24) is 15.5 Å². The van der Waals surface area contributed by atoms with E-state index >= 15 is 0 Å². The van der Waals surface area contributed by atoms with Crippen molar-refractivity contribution in [2.75, 3.05) is 59.3 Å². The second-order valence-corrected chi connectivity index (χ2v) is 6.10. The lowest BCUT2D eigenvalue weighted by molar-refractivity contribution is -0.115. The summed E-state index contributed by atoms with van der Waals surface area (Å²) in [4.78, 5) is 18.5. The van der Waals surface area contributed by atoms with Gasteiger partial charge in [-0.3, -0.25) is 9.79 Å². The van der Waals surface area contributed by atoms with Gasteiger partial charge in [-0.05, 0) is 37.6 Å². The fourth-order valence-electron chi connectivity index (χ4n) is 2.41. The third-order valence-electron chi connectivity index (χ3n) is 3.93. The zero-order valence-electron chi connectivity index (χ0n) is 16.5. The van der Waals surface area contributed by atoms with Crippen molar-refractivity contribution in [3.63, 3.8) is 0 Å². The molecule has 7 heteroatoms. The van der Waals surface area contributed by atoms with E-state index in [4.69, 9.17) is 4.74 Å². The summed E-state index contributed by atoms with van der Waals surface area (Å²) in [7, 11) is 5.49. The van der Waals surface area contributed by atoms with Crippen LogP contribution in [-0.2, 0) is 16.0 Å². The Balaban J connectivity index is 2.27. The van der Waals surface area contributed by atoms with Gasteiger partial charge in [0.05, 0.1) is 6.54 Å². The summed E-state index contributed by atoms with van der Waals surface area (Å²) in [6, 6.07) is 7.88. The Morgan fingerprint density at radius 2 is 2.08 bits per heavy atom. The second-order valence-electron chi connectivity index (χ2n) is 6.10. The highest BCUT2D eigenvalue weighted by molar-refractivity contribution is 5.95. The molecule has 0 atom stereocenters. The molecule has 3 N–H and O–H groups in total. The molecule has 0 unspecified atom stereocenters. The summed E-state index contributed by atoms with van der Waals surface area (Å²) >= 11 is 0. The molecule has 0 spiro atoms. The van der Waals surface area contributed by atoms with E-state index in [9.17, 15) is 4.79 Å². The Labute approximate surface area is 157 Å². The zero-order chi connectivity index (χ0) is 19.2. The Bertz CT molecular complexity index is 563. The number of hydrogen-bond donors (Lipinski definition) is 3. The summed E-state index contributed by atoms with van der Waals surface area (Å²) in [5.41, 5.74) is 2.01. The van der Waals surface area contributed by atoms with Gasteiger partial charge in [-0.25, -0.2) is 0 Å². The number of methoxy groups -OCH3 is 1. The van der Waals surface area contributed by atoms with Gasteiger partial charge in [-0.15, -0.1) is 0 Å². The maximum atomic E-state index is 12.1. The molecule has 0 fully saturated rings. The molecule has 26 heavy (non-hydrogen) atoms. The predicted molar refractivity (Wildman–Crippen MR) is 108 cm³/mol. The van der Waals surface area contributed by atoms with Gasteiger partial charge < -0.3 is 25.6 Å². The molecule has 1 amide bonds. The van der Waals surface area contributed by atoms with Crippen LogP contribution >= 0.6 is 0 Å². The van der Waals surface area contributed by atoms with Crippen LogP contribution in [0.3, 0.4) is 0 Å². The summed E-state index contributed by atoms with van der Waals surface area (Å²) in [6.45, 7) is 5.66. The lowest BCUT2D eigenvalue weighted by atomic mass is 10.1. The monoisotopic (exact) mass is 363 g/mol. The van der Waals surface area contributed by atoms with E-state index in [1.165, 1.54) is 5.56 Å². The highest BCUT2D eigenvalue weighted by Crippen LogP contribution is 2.10. The van der Waals surface area contributed by atoms with Crippen LogP contribution < -0.4 is 16.0 Å². The van der Waals surface area contributed by atoms with Crippen LogP contribution in [-0.4, -0.2) is 70.8 Å². The molecule has 0 radical (unpaired) electrons. The largest absolute Gasteiger partial charge is 0.385 e. The fraction of sp³-hybridized carbons (Fsp3) is 0.579. The number of hydrogen-bond acceptors (Lipinski definition) is 4. The minimum atomic E-state index is -0.0992. The van der Waals surface area contributed by atoms with Crippen LogP contribution in [0.15, 0.2) is 29.3 Å². The van der Waals surface area contributed by atoms with Crippen LogP contribution in [0.25, 0.3) is 0 Å². The molecular weight excluding hydrogens is 330 g/mol. The molecule has 0 bridgehead atoms. The van der Waals surface area contributed by atoms with E-state index in [0.29, 0.717) is 5.96 Å². The number of amides is 1. The number of benzene rings is 1. The summed E-state index contributed by atoms with van der Waals surface area (Å²) in [5, 5.41) is 9.14. The Morgan fingerprint density at radius 1 is 1.27 bits per heavy atom. The van der Waals surface area contributed by atoms with Gasteiger partial charge in [-0.1, -0.05) is 19.1 Å². The minimum absolute atomic E-state index is 0.0992. The number of aliphatic imine (C=N–C) groups is 1. The molecule has 0 aliphatic rings. The molecule has 0 saturated carbocycles. The van der Waals surface area contributed by atoms with E-state index in [1.807, 2.05) is 24.3 Å². The lowest BCUT2D eigenvalue weighted by Crippen LogP contribution is -2.43. The maximum absolute atomic E-state index is 12.1. The van der Waals surface area contributed by atoms with Crippen molar-refractivity contribution in [2.45, 2.75) is 19.8 Å². The fourth-order valence-corrected chi connectivity index (χ4v) is 2.41. The number of ether oxygens (including phenoxy) is 1. The first-order valence-electron chi connectivity index (χ1n) is 9.09. The first kappa shape index (κ1) is 21.9. The van der Waals surface area contributed by atoms with Crippen molar-refractivity contribution in [3.05, 3.63) is 29.8 Å². The third kappa shape index (κ3) is 9.39. The second kappa shape index (κ2) is 13.1. The SMILES string of the molecule is CCc1cccc(NC(=O)CNC(=NC)NCCN(C)CCCOC)c1. The highest BCUT2D eigenvalue weighted by Gasteiger charge is 2.05. The smallest absolute Gasteiger partial charge is 0.243 e. The molecule has 1 aromatic rings. The van der Waals surface area contributed by atoms with Gasteiger partial charge in [-0.2, -0.15) is 0 Å². The Hall–Kier alpha value is -2.12. The standard InChI is InChI=1S/C19H33N5O2/c1-5-16-8-6-9-17(14-16)23-18(25)15-22-19(20-2)21-10-12-24(3)11-7-13-26-4/h6,8-9,14H,5,7,10-13,15H2,1-4H3,(H,23,25)(H2,20,21,22). The van der Waals surface area contributed by atoms with Crippen LogP contribution in [0.4, 0.5) is 5.69 Å². The highest BCUT2D eigenvalue weighted by atomic mass is 16.5. The van der Waals surface area contributed by atoms with Gasteiger partial charge in [0.2, 0.25) is 5.91 Å². The van der Waals surface area contributed by atoms with Gasteiger partial charge in [0.15, 0.2) is 5.96 Å². The van der Waals surface area contributed by atoms with E-state index in [1.54, 1.807) is 14.2 Å². The lowest BCUT2D eigenvalue weighted by Gasteiger charge is -2.18. The molecule has 1 aromatic carbocycles. The first-order chi connectivity index (χ1) is 12.6. The number of nitrogens with zero attached hydrogens (tertiary/aromatic N) is 2. The summed E-state index contributed by atoms with van der Waals surface area (Å²) in [5.74, 6) is 0.519. The average Bonchev–Trinajstić information content (AvgIpc) is 2.64. The van der Waals surface area contributed by atoms with E-state index < -0.39 is 0 Å². The summed E-state index contributed by atoms with van der Waals surface area (Å²) < 4.78 is 5.05. The van der Waals surface area contributed by atoms with Crippen molar-refractivity contribution in [2.24, 2.45) is 4.99 Å². The van der Waals surface area contributed by atoms with Crippen LogP contribution in [0.2, 0.25) is 0 Å². The first-order valence-corrected chi connectivity index (χ1v) is 9.09. The Kier molecular flexibility index (Phi) is 11.1. The molecule has 0 saturated heterocycles. The van der Waals surface area contributed by atoms with Gasteiger partial charge in [0.25, 0.3) is 0 Å². The van der Waals surface area contributed by atoms with Crippen LogP contribution in [0.5, 0.6) is 0 Å². The number of aryl methyl sites for hydroxylation is 1. The number of nitrogens with one attached hydrogen (secondary N) is 3. The van der Waals surface area contributed by atoms with Gasteiger partial charge >= 0.3 is 0 Å². The van der Waals surface area contributed by atoms with E-state index in [-0.39, 0.29) is 12.5 Å². The van der Waals surface area contributed by atoms with Crippen LogP contribution in [0, 0.1) is 0 Å². The maximum Gasteiger partial charge on any atom is 0.243 e. The van der Waals surface area contributed by atoms with Gasteiger partial charge in [0, 0.05) is 46.1 Å². The molecule has 7 nitrogen and oxygen atoms in total. The number of likely N-dealkylation sites (N-methyl/N-ethyl adjacent to an activating group) is 1. The third-order valence-corrected chi connectivity index (χ3v) is 3.93. The number of anilines is 1. The van der Waals surface area contributed by atoms with Crippen molar-refractivity contribution >= 4 is 17.6 Å². The van der Waals surface area contributed by atoms with Crippen molar-refractivity contribution in [3.8, 4) is 0 Å². The number of rotatable bonds is 11. The van der Waals surface area contributed by atoms with E-state index in [0.717, 1.165) is 44.8 Å². The summed E-state index contributed by atoms with van der Waals surface area (Å²) in [6.07, 6.45) is 1.96. The number of carbonyl (C=O) groups excluding carboxylic acids is 1. The predicted octanol–water partition coefficient (Wildman–Crippen LogP) is 1.32. The zero-order valence-corrected chi connectivity index (χ0v) is 16.5. The van der Waals surface area contributed by atoms with Gasteiger partial charge in [0.1, 0.15) is 0 Å². The molecule has 1 rings (SSSR count). The molecule has 0 aliphatic carbocycles. The average molecular weight is 364 g/mol. The normalized spacial score (nSPS) is 11.5. The quantitative estimate of drug-likeness (QED) is 0.314. The number of carbonyl (C=O) groups is 1. The molecule has 146 valence electrons. The van der Waals surface area contributed by atoms with Crippen LogP contribution in [0.1, 0.15) is 18.9 Å². The molecule has 0 heterocycles. The topological polar surface area (TPSA) is 78.0 Å². The molecular formula is C19H33N5O2. The van der Waals surface area contributed by atoms with Crippen molar-refractivity contribution in [1.29, 1.82) is 0 Å². The Morgan fingerprint density at radius 3 is 2.77 bits per heavy atom. The van der Waals surface area contributed by atoms with E-state index in [2.05, 4.69) is 39.8 Å². The number of guanidine groups is 1. The minimum Gasteiger partial charge on any atom is -0.385 e.